The van der Waals surface area contributed by atoms with Gasteiger partial charge in [0.1, 0.15) is 11.5 Å². The number of hydrogen-bond donors (Lipinski definition) is 2. The Morgan fingerprint density at radius 3 is 2.58 bits per heavy atom. The zero-order valence-corrected chi connectivity index (χ0v) is 19.2. The lowest BCUT2D eigenvalue weighted by molar-refractivity contribution is -0.121. The fourth-order valence-electron chi connectivity index (χ4n) is 4.07. The summed E-state index contributed by atoms with van der Waals surface area (Å²) in [7, 11) is 3.29. The number of hydrogen-bond acceptors (Lipinski definition) is 3. The van der Waals surface area contributed by atoms with Gasteiger partial charge in [-0.1, -0.05) is 45.0 Å². The SMILES string of the molecule is CCc1cccc2c(C(CC(=O)NCCC(C)C)c3ccc(OC)cc3OC)c[nH]c12. The van der Waals surface area contributed by atoms with Gasteiger partial charge in [0, 0.05) is 47.6 Å². The Morgan fingerprint density at radius 1 is 1.10 bits per heavy atom. The lowest BCUT2D eigenvalue weighted by atomic mass is 9.87. The van der Waals surface area contributed by atoms with Gasteiger partial charge in [-0.25, -0.2) is 0 Å². The van der Waals surface area contributed by atoms with Crippen LogP contribution in [0.4, 0.5) is 0 Å². The molecule has 1 unspecified atom stereocenters. The van der Waals surface area contributed by atoms with Crippen LogP contribution in [0.2, 0.25) is 0 Å². The first kappa shape index (κ1) is 22.7. The molecule has 0 bridgehead atoms. The van der Waals surface area contributed by atoms with Crippen LogP contribution < -0.4 is 14.8 Å². The van der Waals surface area contributed by atoms with E-state index >= 15 is 0 Å². The largest absolute Gasteiger partial charge is 0.497 e. The van der Waals surface area contributed by atoms with Gasteiger partial charge in [0.15, 0.2) is 0 Å². The van der Waals surface area contributed by atoms with Gasteiger partial charge in [-0.15, -0.1) is 0 Å². The highest BCUT2D eigenvalue weighted by Gasteiger charge is 2.25. The Bertz CT molecular complexity index is 1020. The fourth-order valence-corrected chi connectivity index (χ4v) is 4.07. The maximum atomic E-state index is 12.9. The Balaban J connectivity index is 2.03. The van der Waals surface area contributed by atoms with Crippen LogP contribution in [-0.4, -0.2) is 31.7 Å². The number of carbonyl (C=O) groups is 1. The predicted molar refractivity (Wildman–Crippen MR) is 126 cm³/mol. The lowest BCUT2D eigenvalue weighted by Gasteiger charge is -2.20. The predicted octanol–water partition coefficient (Wildman–Crippen LogP) is 5.43. The van der Waals surface area contributed by atoms with Crippen molar-refractivity contribution in [3.8, 4) is 11.5 Å². The standard InChI is InChI=1S/C26H34N2O3/c1-6-18-8-7-9-21-23(16-28-26(18)21)22(15-25(29)27-13-12-17(2)3)20-11-10-19(30-4)14-24(20)31-5/h7-11,14,16-17,22,28H,6,12-13,15H2,1-5H3,(H,27,29). The van der Waals surface area contributed by atoms with E-state index in [2.05, 4.69) is 49.3 Å². The first-order valence-electron chi connectivity index (χ1n) is 11.1. The third kappa shape index (κ3) is 5.22. The van der Waals surface area contributed by atoms with E-state index < -0.39 is 0 Å². The van der Waals surface area contributed by atoms with Crippen molar-refractivity contribution in [3.63, 3.8) is 0 Å². The molecule has 1 amide bonds. The number of H-pyrrole nitrogens is 1. The van der Waals surface area contributed by atoms with Crippen molar-refractivity contribution >= 4 is 16.8 Å². The Labute approximate surface area is 185 Å². The molecule has 0 spiro atoms. The second-order valence-corrected chi connectivity index (χ2v) is 8.33. The van der Waals surface area contributed by atoms with Gasteiger partial charge < -0.3 is 19.8 Å². The fraction of sp³-hybridized carbons (Fsp3) is 0.423. The van der Waals surface area contributed by atoms with Crippen molar-refractivity contribution in [1.82, 2.24) is 10.3 Å². The minimum absolute atomic E-state index is 0.0458. The monoisotopic (exact) mass is 422 g/mol. The van der Waals surface area contributed by atoms with E-state index in [1.54, 1.807) is 14.2 Å². The first-order valence-corrected chi connectivity index (χ1v) is 11.1. The molecule has 0 aliphatic heterocycles. The molecule has 5 heteroatoms. The summed E-state index contributed by atoms with van der Waals surface area (Å²) in [4.78, 5) is 16.4. The summed E-state index contributed by atoms with van der Waals surface area (Å²) in [5.74, 6) is 1.91. The number of rotatable bonds is 10. The van der Waals surface area contributed by atoms with Crippen LogP contribution in [0.1, 0.15) is 56.2 Å². The summed E-state index contributed by atoms with van der Waals surface area (Å²) < 4.78 is 11.1. The summed E-state index contributed by atoms with van der Waals surface area (Å²) in [6.07, 6.45) is 4.31. The molecule has 1 atom stereocenters. The highest BCUT2D eigenvalue weighted by Crippen LogP contribution is 2.39. The van der Waals surface area contributed by atoms with E-state index in [1.807, 2.05) is 24.4 Å². The Kier molecular flexibility index (Phi) is 7.61. The minimum atomic E-state index is -0.138. The number of amides is 1. The number of methoxy groups -OCH3 is 2. The second-order valence-electron chi connectivity index (χ2n) is 8.33. The molecular formula is C26H34N2O3. The van der Waals surface area contributed by atoms with Crippen LogP contribution in [0.15, 0.2) is 42.6 Å². The van der Waals surface area contributed by atoms with E-state index in [-0.39, 0.29) is 11.8 Å². The number of aromatic nitrogens is 1. The molecule has 0 fully saturated rings. The topological polar surface area (TPSA) is 63.4 Å². The molecule has 0 saturated heterocycles. The molecule has 2 aromatic carbocycles. The number of nitrogens with one attached hydrogen (secondary N) is 2. The van der Waals surface area contributed by atoms with Gasteiger partial charge in [-0.05, 0) is 36.0 Å². The van der Waals surface area contributed by atoms with Crippen LogP contribution in [0.5, 0.6) is 11.5 Å². The molecule has 0 saturated carbocycles. The molecule has 0 aliphatic carbocycles. The summed E-state index contributed by atoms with van der Waals surface area (Å²) in [5, 5.41) is 4.24. The van der Waals surface area contributed by atoms with E-state index in [9.17, 15) is 4.79 Å². The van der Waals surface area contributed by atoms with Crippen molar-refractivity contribution in [3.05, 3.63) is 59.3 Å². The van der Waals surface area contributed by atoms with Gasteiger partial charge in [-0.3, -0.25) is 4.79 Å². The van der Waals surface area contributed by atoms with Gasteiger partial charge in [0.05, 0.1) is 14.2 Å². The van der Waals surface area contributed by atoms with E-state index in [0.717, 1.165) is 46.4 Å². The quantitative estimate of drug-likeness (QED) is 0.458. The molecule has 166 valence electrons. The zero-order valence-electron chi connectivity index (χ0n) is 19.2. The average molecular weight is 423 g/mol. The summed E-state index contributed by atoms with van der Waals surface area (Å²) in [6, 6.07) is 12.2. The third-order valence-electron chi connectivity index (χ3n) is 5.84. The van der Waals surface area contributed by atoms with E-state index in [1.165, 1.54) is 5.56 Å². The van der Waals surface area contributed by atoms with E-state index in [0.29, 0.717) is 18.9 Å². The van der Waals surface area contributed by atoms with Crippen LogP contribution >= 0.6 is 0 Å². The highest BCUT2D eigenvalue weighted by atomic mass is 16.5. The van der Waals surface area contributed by atoms with Crippen LogP contribution in [0.3, 0.4) is 0 Å². The van der Waals surface area contributed by atoms with Crippen LogP contribution in [0, 0.1) is 5.92 Å². The number of ether oxygens (including phenoxy) is 2. The van der Waals surface area contributed by atoms with Gasteiger partial charge in [-0.2, -0.15) is 0 Å². The molecule has 1 aromatic heterocycles. The summed E-state index contributed by atoms with van der Waals surface area (Å²) in [6.45, 7) is 7.17. The van der Waals surface area contributed by atoms with Gasteiger partial charge in [0.2, 0.25) is 5.91 Å². The van der Waals surface area contributed by atoms with Crippen molar-refractivity contribution in [2.45, 2.75) is 46.0 Å². The number of carbonyl (C=O) groups excluding carboxylic acids is 1. The number of para-hydroxylation sites is 1. The normalized spacial score (nSPS) is 12.2. The molecule has 2 N–H and O–H groups in total. The number of benzene rings is 2. The first-order chi connectivity index (χ1) is 15.0. The zero-order chi connectivity index (χ0) is 22.4. The molecular weight excluding hydrogens is 388 g/mol. The summed E-state index contributed by atoms with van der Waals surface area (Å²) >= 11 is 0. The van der Waals surface area contributed by atoms with Gasteiger partial charge in [0.25, 0.3) is 0 Å². The maximum absolute atomic E-state index is 12.9. The number of fused-ring (bicyclic) bond motifs is 1. The van der Waals surface area contributed by atoms with Crippen molar-refractivity contribution in [2.24, 2.45) is 5.92 Å². The minimum Gasteiger partial charge on any atom is -0.497 e. The Hall–Kier alpha value is -2.95. The molecule has 3 aromatic rings. The van der Waals surface area contributed by atoms with Crippen molar-refractivity contribution in [1.29, 1.82) is 0 Å². The van der Waals surface area contributed by atoms with Crippen LogP contribution in [0.25, 0.3) is 10.9 Å². The molecule has 1 heterocycles. The highest BCUT2D eigenvalue weighted by molar-refractivity contribution is 5.88. The van der Waals surface area contributed by atoms with Gasteiger partial charge >= 0.3 is 0 Å². The van der Waals surface area contributed by atoms with Crippen LogP contribution in [-0.2, 0) is 11.2 Å². The molecule has 31 heavy (non-hydrogen) atoms. The average Bonchev–Trinajstić information content (AvgIpc) is 3.21. The second kappa shape index (κ2) is 10.4. The van der Waals surface area contributed by atoms with E-state index in [4.69, 9.17) is 9.47 Å². The third-order valence-corrected chi connectivity index (χ3v) is 5.84. The Morgan fingerprint density at radius 2 is 1.90 bits per heavy atom. The molecule has 0 radical (unpaired) electrons. The number of aryl methyl sites for hydroxylation is 1. The summed E-state index contributed by atoms with van der Waals surface area (Å²) in [5.41, 5.74) is 4.49. The van der Waals surface area contributed by atoms with Crippen molar-refractivity contribution < 1.29 is 14.3 Å². The molecule has 3 rings (SSSR count). The smallest absolute Gasteiger partial charge is 0.220 e. The van der Waals surface area contributed by atoms with Crippen molar-refractivity contribution in [2.75, 3.05) is 20.8 Å². The number of aromatic amines is 1. The molecule has 0 aliphatic rings. The lowest BCUT2D eigenvalue weighted by Crippen LogP contribution is -2.27. The maximum Gasteiger partial charge on any atom is 0.220 e. The molecule has 5 nitrogen and oxygen atoms in total.